The van der Waals surface area contributed by atoms with Gasteiger partial charge in [-0.3, -0.25) is 9.69 Å². The fraction of sp³-hybridized carbons (Fsp3) is 0.533. The summed E-state index contributed by atoms with van der Waals surface area (Å²) < 4.78 is 0. The molecule has 3 heteroatoms. The van der Waals surface area contributed by atoms with E-state index in [2.05, 4.69) is 16.7 Å². The molecular formula is C15H22N2O. The maximum absolute atomic E-state index is 12.3. The maximum Gasteiger partial charge on any atom is 0.179 e. The molecule has 0 N–H and O–H groups in total. The number of carbonyl (C=O) groups is 1. The minimum atomic E-state index is -0.00796. The van der Waals surface area contributed by atoms with E-state index in [0.717, 1.165) is 38.3 Å². The second kappa shape index (κ2) is 6.12. The molecule has 0 saturated carbocycles. The lowest BCUT2D eigenvalue weighted by Crippen LogP contribution is -2.51. The molecule has 1 aliphatic heterocycles. The van der Waals surface area contributed by atoms with Crippen LogP contribution in [0.3, 0.4) is 0 Å². The van der Waals surface area contributed by atoms with Gasteiger partial charge in [-0.2, -0.15) is 0 Å². The van der Waals surface area contributed by atoms with E-state index in [1.54, 1.807) is 0 Å². The SMILES string of the molecule is CCN1CCN(C(C)C(=O)c2ccccc2)CC1. The smallest absolute Gasteiger partial charge is 0.179 e. The van der Waals surface area contributed by atoms with E-state index in [4.69, 9.17) is 0 Å². The predicted molar refractivity (Wildman–Crippen MR) is 73.9 cm³/mol. The van der Waals surface area contributed by atoms with Gasteiger partial charge in [0.25, 0.3) is 0 Å². The van der Waals surface area contributed by atoms with E-state index in [0.29, 0.717) is 0 Å². The molecule has 2 rings (SSSR count). The van der Waals surface area contributed by atoms with Gasteiger partial charge < -0.3 is 4.90 Å². The van der Waals surface area contributed by atoms with Crippen molar-refractivity contribution in [1.29, 1.82) is 0 Å². The first kappa shape index (κ1) is 13.2. The van der Waals surface area contributed by atoms with E-state index in [1.165, 1.54) is 0 Å². The molecule has 0 radical (unpaired) electrons. The molecule has 0 aliphatic carbocycles. The van der Waals surface area contributed by atoms with E-state index in [-0.39, 0.29) is 11.8 Å². The summed E-state index contributed by atoms with van der Waals surface area (Å²) in [5, 5.41) is 0. The Bertz CT molecular complexity index is 383. The zero-order valence-corrected chi connectivity index (χ0v) is 11.3. The molecule has 0 amide bonds. The van der Waals surface area contributed by atoms with E-state index >= 15 is 0 Å². The summed E-state index contributed by atoms with van der Waals surface area (Å²) in [4.78, 5) is 17.1. The van der Waals surface area contributed by atoms with Crippen LogP contribution in [-0.2, 0) is 0 Å². The standard InChI is InChI=1S/C15H22N2O/c1-3-16-9-11-17(12-10-16)13(2)15(18)14-7-5-4-6-8-14/h4-8,13H,3,9-12H2,1-2H3. The highest BCUT2D eigenvalue weighted by Gasteiger charge is 2.25. The molecular weight excluding hydrogens is 224 g/mol. The van der Waals surface area contributed by atoms with Gasteiger partial charge in [-0.15, -0.1) is 0 Å². The number of ketones is 1. The van der Waals surface area contributed by atoms with Crippen molar-refractivity contribution in [3.8, 4) is 0 Å². The van der Waals surface area contributed by atoms with Gasteiger partial charge in [0, 0.05) is 31.7 Å². The normalized spacial score (nSPS) is 19.7. The summed E-state index contributed by atoms with van der Waals surface area (Å²) >= 11 is 0. The molecule has 98 valence electrons. The van der Waals surface area contributed by atoms with Crippen molar-refractivity contribution in [2.45, 2.75) is 19.9 Å². The molecule has 0 bridgehead atoms. The summed E-state index contributed by atoms with van der Waals surface area (Å²) in [6, 6.07) is 9.60. The highest BCUT2D eigenvalue weighted by atomic mass is 16.1. The summed E-state index contributed by atoms with van der Waals surface area (Å²) in [6.45, 7) is 9.45. The van der Waals surface area contributed by atoms with Crippen molar-refractivity contribution in [1.82, 2.24) is 9.80 Å². The van der Waals surface area contributed by atoms with Gasteiger partial charge in [-0.05, 0) is 13.5 Å². The number of piperazine rings is 1. The van der Waals surface area contributed by atoms with Crippen molar-refractivity contribution in [3.05, 3.63) is 35.9 Å². The van der Waals surface area contributed by atoms with Crippen molar-refractivity contribution < 1.29 is 4.79 Å². The van der Waals surface area contributed by atoms with Gasteiger partial charge in [0.05, 0.1) is 6.04 Å². The van der Waals surface area contributed by atoms with Crippen LogP contribution in [0.5, 0.6) is 0 Å². The number of benzene rings is 1. The van der Waals surface area contributed by atoms with E-state index in [1.807, 2.05) is 37.3 Å². The van der Waals surface area contributed by atoms with E-state index in [9.17, 15) is 4.79 Å². The second-order valence-corrected chi connectivity index (χ2v) is 4.88. The highest BCUT2D eigenvalue weighted by molar-refractivity contribution is 5.99. The van der Waals surface area contributed by atoms with Crippen LogP contribution < -0.4 is 0 Å². The average molecular weight is 246 g/mol. The molecule has 1 fully saturated rings. The van der Waals surface area contributed by atoms with Crippen molar-refractivity contribution in [2.75, 3.05) is 32.7 Å². The molecule has 1 aliphatic rings. The summed E-state index contributed by atoms with van der Waals surface area (Å²) in [5.74, 6) is 0.237. The van der Waals surface area contributed by atoms with Crippen molar-refractivity contribution in [3.63, 3.8) is 0 Å². The number of hydrogen-bond acceptors (Lipinski definition) is 3. The number of nitrogens with zero attached hydrogens (tertiary/aromatic N) is 2. The Hall–Kier alpha value is -1.19. The third-order valence-electron chi connectivity index (χ3n) is 3.84. The molecule has 1 aromatic rings. The van der Waals surface area contributed by atoms with Gasteiger partial charge >= 0.3 is 0 Å². The first-order valence-corrected chi connectivity index (χ1v) is 6.78. The summed E-state index contributed by atoms with van der Waals surface area (Å²) in [6.07, 6.45) is 0. The van der Waals surface area contributed by atoms with Crippen LogP contribution in [0.2, 0.25) is 0 Å². The van der Waals surface area contributed by atoms with Crippen molar-refractivity contribution in [2.24, 2.45) is 0 Å². The molecule has 1 unspecified atom stereocenters. The monoisotopic (exact) mass is 246 g/mol. The van der Waals surface area contributed by atoms with Gasteiger partial charge in [0.2, 0.25) is 0 Å². The fourth-order valence-corrected chi connectivity index (χ4v) is 2.48. The molecule has 0 aromatic heterocycles. The van der Waals surface area contributed by atoms with Crippen LogP contribution >= 0.6 is 0 Å². The number of rotatable bonds is 4. The Labute approximate surface area is 109 Å². The minimum absolute atomic E-state index is 0.00796. The third-order valence-corrected chi connectivity index (χ3v) is 3.84. The fourth-order valence-electron chi connectivity index (χ4n) is 2.48. The summed E-state index contributed by atoms with van der Waals surface area (Å²) in [5.41, 5.74) is 0.822. The van der Waals surface area contributed by atoms with Crippen LogP contribution in [0.25, 0.3) is 0 Å². The lowest BCUT2D eigenvalue weighted by molar-refractivity contribution is 0.0710. The predicted octanol–water partition coefficient (Wildman–Crippen LogP) is 1.90. The number of likely N-dealkylation sites (N-methyl/N-ethyl adjacent to an activating group) is 1. The largest absolute Gasteiger partial charge is 0.301 e. The number of Topliss-reactive ketones (excluding diaryl/α,β-unsaturated/α-hetero) is 1. The highest BCUT2D eigenvalue weighted by Crippen LogP contribution is 2.11. The van der Waals surface area contributed by atoms with E-state index < -0.39 is 0 Å². The first-order valence-electron chi connectivity index (χ1n) is 6.78. The van der Waals surface area contributed by atoms with Crippen LogP contribution in [-0.4, -0.2) is 54.3 Å². The summed E-state index contributed by atoms with van der Waals surface area (Å²) in [7, 11) is 0. The molecule has 0 spiro atoms. The van der Waals surface area contributed by atoms with Gasteiger partial charge in [0.15, 0.2) is 5.78 Å². The lowest BCUT2D eigenvalue weighted by atomic mass is 10.0. The Balaban J connectivity index is 1.96. The zero-order chi connectivity index (χ0) is 13.0. The average Bonchev–Trinajstić information content (AvgIpc) is 2.47. The Morgan fingerprint density at radius 1 is 1.17 bits per heavy atom. The van der Waals surface area contributed by atoms with Gasteiger partial charge in [0.1, 0.15) is 0 Å². The first-order chi connectivity index (χ1) is 8.72. The van der Waals surface area contributed by atoms with Crippen LogP contribution in [0, 0.1) is 0 Å². The molecule has 1 saturated heterocycles. The third kappa shape index (κ3) is 2.98. The maximum atomic E-state index is 12.3. The van der Waals surface area contributed by atoms with Crippen LogP contribution in [0.15, 0.2) is 30.3 Å². The zero-order valence-electron chi connectivity index (χ0n) is 11.3. The van der Waals surface area contributed by atoms with Crippen LogP contribution in [0.1, 0.15) is 24.2 Å². The molecule has 18 heavy (non-hydrogen) atoms. The molecule has 1 heterocycles. The van der Waals surface area contributed by atoms with Crippen LogP contribution in [0.4, 0.5) is 0 Å². The topological polar surface area (TPSA) is 23.6 Å². The number of carbonyl (C=O) groups excluding carboxylic acids is 1. The Morgan fingerprint density at radius 3 is 2.33 bits per heavy atom. The second-order valence-electron chi connectivity index (χ2n) is 4.88. The molecule has 3 nitrogen and oxygen atoms in total. The quantitative estimate of drug-likeness (QED) is 0.758. The van der Waals surface area contributed by atoms with Crippen molar-refractivity contribution >= 4 is 5.78 Å². The Morgan fingerprint density at radius 2 is 1.78 bits per heavy atom. The Kier molecular flexibility index (Phi) is 4.50. The number of hydrogen-bond donors (Lipinski definition) is 0. The van der Waals surface area contributed by atoms with Gasteiger partial charge in [-0.1, -0.05) is 37.3 Å². The minimum Gasteiger partial charge on any atom is -0.301 e. The molecule has 1 atom stereocenters. The van der Waals surface area contributed by atoms with Gasteiger partial charge in [-0.25, -0.2) is 0 Å². The lowest BCUT2D eigenvalue weighted by Gasteiger charge is -2.37. The molecule has 1 aromatic carbocycles.